The Labute approximate surface area is 91.1 Å². The van der Waals surface area contributed by atoms with Crippen LogP contribution in [0.25, 0.3) is 0 Å². The lowest BCUT2D eigenvalue weighted by molar-refractivity contribution is 0.410. The van der Waals surface area contributed by atoms with Gasteiger partial charge in [-0.3, -0.25) is 0 Å². The quantitative estimate of drug-likeness (QED) is 0.725. The summed E-state index contributed by atoms with van der Waals surface area (Å²) in [6.07, 6.45) is 10.1. The molecule has 1 aromatic carbocycles. The van der Waals surface area contributed by atoms with Crippen molar-refractivity contribution in [1.29, 1.82) is 0 Å². The Kier molecular flexibility index (Phi) is 3.23. The Morgan fingerprint density at radius 3 is 2.80 bits per heavy atom. The van der Waals surface area contributed by atoms with E-state index in [1.165, 1.54) is 24.0 Å². The summed E-state index contributed by atoms with van der Waals surface area (Å²) >= 11 is 0. The minimum atomic E-state index is 0.973. The highest BCUT2D eigenvalue weighted by Gasteiger charge is 2.04. The van der Waals surface area contributed by atoms with Crippen molar-refractivity contribution in [2.24, 2.45) is 0 Å². The summed E-state index contributed by atoms with van der Waals surface area (Å²) in [5.41, 5.74) is 2.66. The third-order valence-corrected chi connectivity index (χ3v) is 2.66. The van der Waals surface area contributed by atoms with E-state index in [4.69, 9.17) is 4.74 Å². The predicted molar refractivity (Wildman–Crippen MR) is 63.2 cm³/mol. The normalized spacial score (nSPS) is 14.9. The van der Waals surface area contributed by atoms with Crippen LogP contribution < -0.4 is 4.74 Å². The summed E-state index contributed by atoms with van der Waals surface area (Å²) in [6, 6.07) is 8.21. The number of rotatable bonds is 3. The zero-order valence-electron chi connectivity index (χ0n) is 9.07. The summed E-state index contributed by atoms with van der Waals surface area (Å²) in [5.74, 6) is 0.984. The van der Waals surface area contributed by atoms with Crippen molar-refractivity contribution in [3.63, 3.8) is 0 Å². The van der Waals surface area contributed by atoms with Gasteiger partial charge < -0.3 is 4.74 Å². The van der Waals surface area contributed by atoms with Gasteiger partial charge in [0, 0.05) is 6.42 Å². The zero-order chi connectivity index (χ0) is 10.5. The van der Waals surface area contributed by atoms with Crippen molar-refractivity contribution in [3.05, 3.63) is 53.6 Å². The summed E-state index contributed by atoms with van der Waals surface area (Å²) < 4.78 is 5.34. The van der Waals surface area contributed by atoms with Crippen molar-refractivity contribution >= 4 is 0 Å². The van der Waals surface area contributed by atoms with E-state index in [-0.39, 0.29) is 0 Å². The molecule has 15 heavy (non-hydrogen) atoms. The van der Waals surface area contributed by atoms with E-state index in [0.717, 1.165) is 12.2 Å². The van der Waals surface area contributed by atoms with Crippen molar-refractivity contribution in [1.82, 2.24) is 0 Å². The average Bonchev–Trinajstić information content (AvgIpc) is 2.31. The molecule has 0 N–H and O–H groups in total. The van der Waals surface area contributed by atoms with Crippen molar-refractivity contribution in [2.45, 2.75) is 19.3 Å². The van der Waals surface area contributed by atoms with Gasteiger partial charge in [0.25, 0.3) is 0 Å². The van der Waals surface area contributed by atoms with E-state index in [9.17, 15) is 0 Å². The second kappa shape index (κ2) is 4.83. The highest BCUT2D eigenvalue weighted by molar-refractivity contribution is 5.39. The highest BCUT2D eigenvalue weighted by atomic mass is 16.5. The molecule has 0 saturated heterocycles. The molecule has 1 nitrogen and oxygen atoms in total. The predicted octanol–water partition coefficient (Wildman–Crippen LogP) is 3.51. The number of ether oxygens (including phenoxy) is 1. The molecule has 0 amide bonds. The van der Waals surface area contributed by atoms with Crippen LogP contribution in [0.1, 0.15) is 18.4 Å². The van der Waals surface area contributed by atoms with Crippen LogP contribution in [0, 0.1) is 0 Å². The van der Waals surface area contributed by atoms with Gasteiger partial charge in [0.15, 0.2) is 0 Å². The van der Waals surface area contributed by atoms with Gasteiger partial charge in [-0.2, -0.15) is 0 Å². The maximum Gasteiger partial charge on any atom is 0.122 e. The number of hydrogen-bond donors (Lipinski definition) is 0. The molecule has 0 heterocycles. The average molecular weight is 200 g/mol. The number of hydrogen-bond acceptors (Lipinski definition) is 1. The lowest BCUT2D eigenvalue weighted by atomic mass is 9.99. The largest absolute Gasteiger partial charge is 0.496 e. The molecule has 2 rings (SSSR count). The minimum Gasteiger partial charge on any atom is -0.496 e. The molecule has 0 bridgehead atoms. The molecule has 1 aromatic rings. The van der Waals surface area contributed by atoms with Crippen LogP contribution in [-0.4, -0.2) is 7.11 Å². The highest BCUT2D eigenvalue weighted by Crippen LogP contribution is 2.22. The van der Waals surface area contributed by atoms with Gasteiger partial charge >= 0.3 is 0 Å². The zero-order valence-corrected chi connectivity index (χ0v) is 9.07. The Morgan fingerprint density at radius 1 is 1.20 bits per heavy atom. The van der Waals surface area contributed by atoms with E-state index in [1.54, 1.807) is 7.11 Å². The SMILES string of the molecule is COc1ccccc1CC1=CCCC=C1. The lowest BCUT2D eigenvalue weighted by Crippen LogP contribution is -1.95. The van der Waals surface area contributed by atoms with Crippen LogP contribution in [0.4, 0.5) is 0 Å². The number of allylic oxidation sites excluding steroid dienone is 4. The van der Waals surface area contributed by atoms with Crippen molar-refractivity contribution < 1.29 is 4.74 Å². The molecular formula is C14H16O. The summed E-state index contributed by atoms with van der Waals surface area (Å²) in [5, 5.41) is 0. The number of para-hydroxylation sites is 1. The molecule has 1 heteroatoms. The fraction of sp³-hybridized carbons (Fsp3) is 0.286. The van der Waals surface area contributed by atoms with E-state index >= 15 is 0 Å². The molecule has 0 atom stereocenters. The molecule has 0 fully saturated rings. The maximum atomic E-state index is 5.34. The molecule has 1 aliphatic rings. The summed E-state index contributed by atoms with van der Waals surface area (Å²) in [6.45, 7) is 0. The fourth-order valence-electron chi connectivity index (χ4n) is 1.87. The van der Waals surface area contributed by atoms with Crippen LogP contribution in [0.3, 0.4) is 0 Å². The van der Waals surface area contributed by atoms with E-state index < -0.39 is 0 Å². The maximum absolute atomic E-state index is 5.34. The molecule has 0 aromatic heterocycles. The molecule has 0 radical (unpaired) electrons. The van der Waals surface area contributed by atoms with Crippen molar-refractivity contribution in [2.75, 3.05) is 7.11 Å². The Hall–Kier alpha value is -1.50. The van der Waals surface area contributed by atoms with E-state index in [1.807, 2.05) is 12.1 Å². The monoisotopic (exact) mass is 200 g/mol. The van der Waals surface area contributed by atoms with Crippen molar-refractivity contribution in [3.8, 4) is 5.75 Å². The molecule has 0 saturated carbocycles. The Morgan fingerprint density at radius 2 is 2.07 bits per heavy atom. The van der Waals surface area contributed by atoms with Gasteiger partial charge in [0.1, 0.15) is 5.75 Å². The molecule has 78 valence electrons. The molecule has 0 aliphatic heterocycles. The first-order valence-corrected chi connectivity index (χ1v) is 5.37. The van der Waals surface area contributed by atoms with Crippen LogP contribution in [0.5, 0.6) is 5.75 Å². The Bertz CT molecular complexity index is 388. The standard InChI is InChI=1S/C14H16O/c1-15-14-10-6-5-9-13(14)11-12-7-3-2-4-8-12/h3,5-10H,2,4,11H2,1H3. The second-order valence-electron chi connectivity index (χ2n) is 3.75. The van der Waals surface area contributed by atoms with Crippen LogP contribution in [-0.2, 0) is 6.42 Å². The van der Waals surface area contributed by atoms with E-state index in [2.05, 4.69) is 30.4 Å². The third-order valence-electron chi connectivity index (χ3n) is 2.66. The van der Waals surface area contributed by atoms with Gasteiger partial charge in [-0.15, -0.1) is 0 Å². The first-order chi connectivity index (χ1) is 7.40. The van der Waals surface area contributed by atoms with Crippen LogP contribution in [0.2, 0.25) is 0 Å². The van der Waals surface area contributed by atoms with Gasteiger partial charge in [-0.1, -0.05) is 36.4 Å². The summed E-state index contributed by atoms with van der Waals surface area (Å²) in [4.78, 5) is 0. The second-order valence-corrected chi connectivity index (χ2v) is 3.75. The topological polar surface area (TPSA) is 9.23 Å². The van der Waals surface area contributed by atoms with Gasteiger partial charge in [-0.25, -0.2) is 0 Å². The van der Waals surface area contributed by atoms with Gasteiger partial charge in [0.05, 0.1) is 7.11 Å². The smallest absolute Gasteiger partial charge is 0.122 e. The Balaban J connectivity index is 2.16. The fourth-order valence-corrected chi connectivity index (χ4v) is 1.87. The first-order valence-electron chi connectivity index (χ1n) is 5.37. The lowest BCUT2D eigenvalue weighted by Gasteiger charge is -2.10. The molecule has 0 spiro atoms. The number of methoxy groups -OCH3 is 1. The van der Waals surface area contributed by atoms with Crippen LogP contribution in [0.15, 0.2) is 48.1 Å². The molecular weight excluding hydrogens is 184 g/mol. The summed E-state index contributed by atoms with van der Waals surface area (Å²) in [7, 11) is 1.73. The third kappa shape index (κ3) is 2.50. The first kappa shape index (κ1) is 10.0. The van der Waals surface area contributed by atoms with Gasteiger partial charge in [0.2, 0.25) is 0 Å². The number of benzene rings is 1. The molecule has 0 unspecified atom stereocenters. The minimum absolute atomic E-state index is 0.973. The van der Waals surface area contributed by atoms with Crippen LogP contribution >= 0.6 is 0 Å². The van der Waals surface area contributed by atoms with E-state index in [0.29, 0.717) is 0 Å². The van der Waals surface area contributed by atoms with Gasteiger partial charge in [-0.05, 0) is 30.0 Å². The molecule has 1 aliphatic carbocycles.